The standard InChI is InChI=1S/C26H27FN4O/c1-16-23(18-15-17(12-13-20(18)29-16)30-25(32)26(2,3)4)24(22-11-7-8-14-28-22)31-21-10-6-5-9-19(21)27/h5-15,24,29,31H,1-4H3,(H,30,32)/t24-/m1/s1. The quantitative estimate of drug-likeness (QED) is 0.353. The zero-order valence-electron chi connectivity index (χ0n) is 18.7. The fourth-order valence-electron chi connectivity index (χ4n) is 3.69. The van der Waals surface area contributed by atoms with Gasteiger partial charge in [-0.3, -0.25) is 9.78 Å². The molecule has 4 aromatic rings. The Balaban J connectivity index is 1.83. The number of amides is 1. The number of H-pyrrole nitrogens is 1. The second-order valence-corrected chi connectivity index (χ2v) is 8.94. The van der Waals surface area contributed by atoms with Gasteiger partial charge in [-0.15, -0.1) is 0 Å². The van der Waals surface area contributed by atoms with Crippen molar-refractivity contribution < 1.29 is 9.18 Å². The van der Waals surface area contributed by atoms with Gasteiger partial charge in [-0.2, -0.15) is 0 Å². The fraction of sp³-hybridized carbons (Fsp3) is 0.231. The highest BCUT2D eigenvalue weighted by molar-refractivity contribution is 5.97. The Labute approximate surface area is 187 Å². The van der Waals surface area contributed by atoms with E-state index in [2.05, 4.69) is 20.6 Å². The molecule has 6 heteroatoms. The van der Waals surface area contributed by atoms with Crippen molar-refractivity contribution >= 4 is 28.2 Å². The number of anilines is 2. The van der Waals surface area contributed by atoms with Crippen molar-refractivity contribution in [3.8, 4) is 0 Å². The molecule has 3 N–H and O–H groups in total. The van der Waals surface area contributed by atoms with Crippen LogP contribution >= 0.6 is 0 Å². The molecule has 164 valence electrons. The summed E-state index contributed by atoms with van der Waals surface area (Å²) < 4.78 is 14.5. The predicted octanol–water partition coefficient (Wildman–Crippen LogP) is 6.20. The van der Waals surface area contributed by atoms with Crippen LogP contribution in [0.4, 0.5) is 15.8 Å². The maximum atomic E-state index is 14.5. The molecule has 0 radical (unpaired) electrons. The number of carbonyl (C=O) groups is 1. The maximum Gasteiger partial charge on any atom is 0.229 e. The number of hydrogen-bond donors (Lipinski definition) is 3. The Hall–Kier alpha value is -3.67. The smallest absolute Gasteiger partial charge is 0.229 e. The molecule has 0 fully saturated rings. The molecule has 0 aliphatic heterocycles. The van der Waals surface area contributed by atoms with Crippen LogP contribution in [-0.2, 0) is 4.79 Å². The number of aromatic amines is 1. The molecule has 1 amide bonds. The number of aromatic nitrogens is 2. The van der Waals surface area contributed by atoms with Gasteiger partial charge in [0.25, 0.3) is 0 Å². The number of halogens is 1. The van der Waals surface area contributed by atoms with E-state index < -0.39 is 11.5 Å². The van der Waals surface area contributed by atoms with Crippen molar-refractivity contribution in [1.29, 1.82) is 0 Å². The molecule has 2 aromatic carbocycles. The van der Waals surface area contributed by atoms with Gasteiger partial charge in [-0.1, -0.05) is 39.0 Å². The first-order valence-electron chi connectivity index (χ1n) is 10.6. The molecule has 0 saturated carbocycles. The predicted molar refractivity (Wildman–Crippen MR) is 127 cm³/mol. The van der Waals surface area contributed by atoms with Crippen molar-refractivity contribution in [2.45, 2.75) is 33.7 Å². The monoisotopic (exact) mass is 430 g/mol. The molecule has 0 saturated heterocycles. The average Bonchev–Trinajstić information content (AvgIpc) is 3.08. The summed E-state index contributed by atoms with van der Waals surface area (Å²) in [6, 6.07) is 17.7. The van der Waals surface area contributed by atoms with E-state index in [0.29, 0.717) is 11.4 Å². The zero-order valence-corrected chi connectivity index (χ0v) is 18.7. The number of nitrogens with one attached hydrogen (secondary N) is 3. The van der Waals surface area contributed by atoms with E-state index in [9.17, 15) is 9.18 Å². The van der Waals surface area contributed by atoms with Crippen LogP contribution in [0.25, 0.3) is 10.9 Å². The number of benzene rings is 2. The summed E-state index contributed by atoms with van der Waals surface area (Å²) >= 11 is 0. The number of rotatable bonds is 5. The third kappa shape index (κ3) is 4.35. The third-order valence-electron chi connectivity index (χ3n) is 5.42. The Morgan fingerprint density at radius 3 is 2.50 bits per heavy atom. The molecule has 1 atom stereocenters. The average molecular weight is 431 g/mol. The second kappa shape index (κ2) is 8.46. The van der Waals surface area contributed by atoms with Crippen molar-refractivity contribution in [2.24, 2.45) is 5.41 Å². The van der Waals surface area contributed by atoms with Crippen molar-refractivity contribution in [1.82, 2.24) is 9.97 Å². The lowest BCUT2D eigenvalue weighted by atomic mass is 9.95. The molecule has 2 heterocycles. The van der Waals surface area contributed by atoms with E-state index in [-0.39, 0.29) is 11.7 Å². The first-order chi connectivity index (χ1) is 15.2. The molecule has 2 aromatic heterocycles. The van der Waals surface area contributed by atoms with Crippen LogP contribution < -0.4 is 10.6 Å². The number of aryl methyl sites for hydroxylation is 1. The van der Waals surface area contributed by atoms with Gasteiger partial charge < -0.3 is 15.6 Å². The van der Waals surface area contributed by atoms with Crippen LogP contribution in [0.3, 0.4) is 0 Å². The van der Waals surface area contributed by atoms with E-state index in [1.807, 2.05) is 64.1 Å². The van der Waals surface area contributed by atoms with Gasteiger partial charge in [0.2, 0.25) is 5.91 Å². The van der Waals surface area contributed by atoms with E-state index in [1.165, 1.54) is 6.07 Å². The SMILES string of the molecule is Cc1[nH]c2ccc(NC(=O)C(C)(C)C)cc2c1[C@H](Nc1ccccc1F)c1ccccn1. The highest BCUT2D eigenvalue weighted by atomic mass is 19.1. The zero-order chi connectivity index (χ0) is 22.9. The van der Waals surface area contributed by atoms with Crippen LogP contribution in [0.1, 0.15) is 43.8 Å². The number of hydrogen-bond acceptors (Lipinski definition) is 3. The first kappa shape index (κ1) is 21.6. The van der Waals surface area contributed by atoms with Crippen LogP contribution in [0, 0.1) is 18.2 Å². The number of para-hydroxylation sites is 1. The Bertz CT molecular complexity index is 1260. The largest absolute Gasteiger partial charge is 0.370 e. The fourth-order valence-corrected chi connectivity index (χ4v) is 3.69. The van der Waals surface area contributed by atoms with E-state index in [4.69, 9.17) is 0 Å². The number of fused-ring (bicyclic) bond motifs is 1. The lowest BCUT2D eigenvalue weighted by molar-refractivity contribution is -0.123. The molecule has 32 heavy (non-hydrogen) atoms. The molecule has 0 unspecified atom stereocenters. The minimum atomic E-state index is -0.505. The van der Waals surface area contributed by atoms with Gasteiger partial charge in [0.05, 0.1) is 17.4 Å². The van der Waals surface area contributed by atoms with Gasteiger partial charge in [0.1, 0.15) is 5.82 Å². The summed E-state index contributed by atoms with van der Waals surface area (Å²) in [6.45, 7) is 7.62. The lowest BCUT2D eigenvalue weighted by Crippen LogP contribution is -2.27. The first-order valence-corrected chi connectivity index (χ1v) is 10.6. The summed E-state index contributed by atoms with van der Waals surface area (Å²) in [6.07, 6.45) is 1.73. The number of nitrogens with zero attached hydrogens (tertiary/aromatic N) is 1. The molecule has 0 spiro atoms. The van der Waals surface area contributed by atoms with Crippen molar-refractivity contribution in [3.63, 3.8) is 0 Å². The Kier molecular flexibility index (Phi) is 5.70. The van der Waals surface area contributed by atoms with E-state index >= 15 is 0 Å². The van der Waals surface area contributed by atoms with Crippen molar-refractivity contribution in [3.05, 3.63) is 89.6 Å². The molecule has 4 rings (SSSR count). The Morgan fingerprint density at radius 2 is 1.81 bits per heavy atom. The van der Waals surface area contributed by atoms with Crippen LogP contribution in [0.2, 0.25) is 0 Å². The van der Waals surface area contributed by atoms with Gasteiger partial charge in [-0.05, 0) is 49.4 Å². The molecular weight excluding hydrogens is 403 g/mol. The summed E-state index contributed by atoms with van der Waals surface area (Å²) in [5.41, 5.74) is 4.20. The Morgan fingerprint density at radius 1 is 1.06 bits per heavy atom. The van der Waals surface area contributed by atoms with Gasteiger partial charge >= 0.3 is 0 Å². The van der Waals surface area contributed by atoms with Gasteiger partial charge in [0, 0.05) is 39.5 Å². The van der Waals surface area contributed by atoms with Crippen LogP contribution in [0.15, 0.2) is 66.9 Å². The molecule has 0 aliphatic carbocycles. The van der Waals surface area contributed by atoms with Crippen LogP contribution in [-0.4, -0.2) is 15.9 Å². The summed E-state index contributed by atoms with van der Waals surface area (Å²) in [5.74, 6) is -0.388. The number of carbonyl (C=O) groups excluding carboxylic acids is 1. The minimum Gasteiger partial charge on any atom is -0.370 e. The maximum absolute atomic E-state index is 14.5. The highest BCUT2D eigenvalue weighted by Crippen LogP contribution is 2.35. The summed E-state index contributed by atoms with van der Waals surface area (Å²) in [5, 5.41) is 7.28. The summed E-state index contributed by atoms with van der Waals surface area (Å²) in [4.78, 5) is 20.5. The van der Waals surface area contributed by atoms with Crippen LogP contribution in [0.5, 0.6) is 0 Å². The van der Waals surface area contributed by atoms with E-state index in [1.54, 1.807) is 24.4 Å². The van der Waals surface area contributed by atoms with Gasteiger partial charge in [-0.25, -0.2) is 4.39 Å². The molecule has 0 bridgehead atoms. The molecule has 0 aliphatic rings. The molecule has 5 nitrogen and oxygen atoms in total. The normalized spacial score (nSPS) is 12.5. The summed E-state index contributed by atoms with van der Waals surface area (Å²) in [7, 11) is 0. The second-order valence-electron chi connectivity index (χ2n) is 8.94. The topological polar surface area (TPSA) is 69.8 Å². The number of pyridine rings is 1. The highest BCUT2D eigenvalue weighted by Gasteiger charge is 2.24. The minimum absolute atomic E-state index is 0.0589. The lowest BCUT2D eigenvalue weighted by Gasteiger charge is -2.21. The molecular formula is C26H27FN4O. The van der Waals surface area contributed by atoms with E-state index in [0.717, 1.165) is 27.9 Å². The van der Waals surface area contributed by atoms with Crippen molar-refractivity contribution in [2.75, 3.05) is 10.6 Å². The van der Waals surface area contributed by atoms with Gasteiger partial charge in [0.15, 0.2) is 0 Å². The third-order valence-corrected chi connectivity index (χ3v) is 5.42.